The van der Waals surface area contributed by atoms with Crippen molar-refractivity contribution in [3.05, 3.63) is 58.5 Å². The Morgan fingerprint density at radius 3 is 2.94 bits per heavy atom. The van der Waals surface area contributed by atoms with Crippen molar-refractivity contribution in [1.82, 2.24) is 14.9 Å². The van der Waals surface area contributed by atoms with E-state index in [4.69, 9.17) is 19.2 Å². The minimum absolute atomic E-state index is 0.0958. The number of nitrogens with one attached hydrogen (secondary N) is 1. The minimum atomic E-state index is -0.0958. The summed E-state index contributed by atoms with van der Waals surface area (Å²) in [5.74, 6) is 2.36. The third-order valence-electron chi connectivity index (χ3n) is 6.00. The maximum Gasteiger partial charge on any atom is 0.252 e. The summed E-state index contributed by atoms with van der Waals surface area (Å²) in [6.07, 6.45) is 3.81. The van der Waals surface area contributed by atoms with E-state index in [9.17, 15) is 4.79 Å². The van der Waals surface area contributed by atoms with Gasteiger partial charge >= 0.3 is 0 Å². The van der Waals surface area contributed by atoms with Crippen LogP contribution in [0.15, 0.2) is 41.7 Å². The van der Waals surface area contributed by atoms with Crippen LogP contribution in [0.25, 0.3) is 0 Å². The molecule has 1 atom stereocenters. The number of para-hydroxylation sites is 1. The van der Waals surface area contributed by atoms with Crippen molar-refractivity contribution in [2.75, 3.05) is 58.0 Å². The number of methoxy groups -OCH3 is 1. The van der Waals surface area contributed by atoms with Gasteiger partial charge in [0.15, 0.2) is 11.5 Å². The zero-order valence-electron chi connectivity index (χ0n) is 18.7. The molecule has 2 saturated heterocycles. The summed E-state index contributed by atoms with van der Waals surface area (Å²) in [4.78, 5) is 24.6. The molecule has 0 unspecified atom stereocenters. The second kappa shape index (κ2) is 10.7. The van der Waals surface area contributed by atoms with Crippen molar-refractivity contribution in [2.45, 2.75) is 25.3 Å². The molecule has 1 aromatic carbocycles. The highest BCUT2D eigenvalue weighted by molar-refractivity contribution is 5.46. The van der Waals surface area contributed by atoms with Crippen molar-refractivity contribution in [3.63, 3.8) is 0 Å². The zero-order valence-corrected chi connectivity index (χ0v) is 18.7. The molecule has 0 radical (unpaired) electrons. The standard InChI is InChI=1S/C24H32N4O4/c1-3-12-32-23-19(6-4-8-21(23)30-2)17-27-9-5-7-18(16-27)20-15-22(29)26-24(25-20)28-10-13-31-14-11-28/h3-4,6,8,15,18H,1,5,7,9-14,16-17H2,2H3,(H,25,26,29)/t18-/m0/s1. The van der Waals surface area contributed by atoms with Gasteiger partial charge in [-0.3, -0.25) is 14.7 Å². The number of rotatable bonds is 8. The molecule has 8 nitrogen and oxygen atoms in total. The van der Waals surface area contributed by atoms with Crippen LogP contribution in [0.2, 0.25) is 0 Å². The molecule has 2 fully saturated rings. The Bertz CT molecular complexity index is 971. The Kier molecular flexibility index (Phi) is 7.44. The molecule has 4 rings (SSSR count). The Hall–Kier alpha value is -2.84. The average molecular weight is 441 g/mol. The Morgan fingerprint density at radius 1 is 1.31 bits per heavy atom. The number of anilines is 1. The number of nitrogens with zero attached hydrogens (tertiary/aromatic N) is 3. The summed E-state index contributed by atoms with van der Waals surface area (Å²) in [5.41, 5.74) is 1.86. The molecule has 8 heteroatoms. The third kappa shape index (κ3) is 5.31. The van der Waals surface area contributed by atoms with Crippen molar-refractivity contribution < 1.29 is 14.2 Å². The molecule has 172 valence electrons. The predicted octanol–water partition coefficient (Wildman–Crippen LogP) is 2.56. The Morgan fingerprint density at radius 2 is 2.16 bits per heavy atom. The number of aromatic amines is 1. The summed E-state index contributed by atoms with van der Waals surface area (Å²) in [5, 5.41) is 0. The molecule has 3 heterocycles. The first-order chi connectivity index (χ1) is 15.7. The van der Waals surface area contributed by atoms with E-state index in [1.807, 2.05) is 12.1 Å². The molecule has 2 aliphatic rings. The summed E-state index contributed by atoms with van der Waals surface area (Å²) in [6.45, 7) is 9.56. The van der Waals surface area contributed by atoms with Gasteiger partial charge in [0.05, 0.1) is 26.0 Å². The van der Waals surface area contributed by atoms with Crippen molar-refractivity contribution in [1.29, 1.82) is 0 Å². The van der Waals surface area contributed by atoms with Gasteiger partial charge in [0.1, 0.15) is 6.61 Å². The summed E-state index contributed by atoms with van der Waals surface area (Å²) >= 11 is 0. The van der Waals surface area contributed by atoms with E-state index in [1.165, 1.54) is 0 Å². The number of piperidine rings is 1. The van der Waals surface area contributed by atoms with Crippen LogP contribution in [-0.2, 0) is 11.3 Å². The van der Waals surface area contributed by atoms with Crippen LogP contribution in [0, 0.1) is 0 Å². The van der Waals surface area contributed by atoms with E-state index in [1.54, 1.807) is 19.3 Å². The molecule has 0 saturated carbocycles. The van der Waals surface area contributed by atoms with Gasteiger partial charge in [0, 0.05) is 43.7 Å². The lowest BCUT2D eigenvalue weighted by atomic mass is 9.94. The number of aromatic nitrogens is 2. The molecule has 32 heavy (non-hydrogen) atoms. The summed E-state index contributed by atoms with van der Waals surface area (Å²) in [7, 11) is 1.65. The second-order valence-corrected chi connectivity index (χ2v) is 8.22. The number of benzene rings is 1. The van der Waals surface area contributed by atoms with E-state index in [2.05, 4.69) is 27.4 Å². The van der Waals surface area contributed by atoms with Gasteiger partial charge in [-0.25, -0.2) is 4.98 Å². The number of likely N-dealkylation sites (tertiary alicyclic amines) is 1. The number of hydrogen-bond acceptors (Lipinski definition) is 7. The summed E-state index contributed by atoms with van der Waals surface area (Å²) in [6, 6.07) is 7.63. The molecular formula is C24H32N4O4. The Labute approximate surface area is 188 Å². The zero-order chi connectivity index (χ0) is 22.3. The molecule has 2 aromatic rings. The Balaban J connectivity index is 1.50. The van der Waals surface area contributed by atoms with E-state index in [0.717, 1.165) is 68.3 Å². The SMILES string of the molecule is C=CCOc1c(CN2CCC[C@H](c3cc(=O)[nH]c(N4CCOCC4)n3)C2)cccc1OC. The van der Waals surface area contributed by atoms with Gasteiger partial charge in [-0.1, -0.05) is 24.8 Å². The fourth-order valence-electron chi connectivity index (χ4n) is 4.43. The number of morpholine rings is 1. The minimum Gasteiger partial charge on any atom is -0.493 e. The fourth-order valence-corrected chi connectivity index (χ4v) is 4.43. The highest BCUT2D eigenvalue weighted by Crippen LogP contribution is 2.34. The van der Waals surface area contributed by atoms with Crippen molar-refractivity contribution >= 4 is 5.95 Å². The molecule has 1 N–H and O–H groups in total. The van der Waals surface area contributed by atoms with E-state index >= 15 is 0 Å². The first-order valence-electron chi connectivity index (χ1n) is 11.2. The molecule has 1 aromatic heterocycles. The van der Waals surface area contributed by atoms with Gasteiger partial charge in [-0.15, -0.1) is 0 Å². The van der Waals surface area contributed by atoms with Crippen molar-refractivity contribution in [2.24, 2.45) is 0 Å². The quantitative estimate of drug-likeness (QED) is 0.632. The highest BCUT2D eigenvalue weighted by Gasteiger charge is 2.25. The van der Waals surface area contributed by atoms with E-state index < -0.39 is 0 Å². The van der Waals surface area contributed by atoms with Gasteiger partial charge in [0.25, 0.3) is 5.56 Å². The molecule has 0 amide bonds. The lowest BCUT2D eigenvalue weighted by molar-refractivity contribution is 0.122. The van der Waals surface area contributed by atoms with Gasteiger partial charge in [-0.2, -0.15) is 0 Å². The van der Waals surface area contributed by atoms with Crippen LogP contribution in [0.4, 0.5) is 5.95 Å². The normalized spacial score (nSPS) is 19.5. The maximum atomic E-state index is 12.4. The largest absolute Gasteiger partial charge is 0.493 e. The highest BCUT2D eigenvalue weighted by atomic mass is 16.5. The summed E-state index contributed by atoms with van der Waals surface area (Å²) < 4.78 is 16.9. The van der Waals surface area contributed by atoms with Crippen LogP contribution >= 0.6 is 0 Å². The smallest absolute Gasteiger partial charge is 0.252 e. The molecule has 0 bridgehead atoms. The lowest BCUT2D eigenvalue weighted by Crippen LogP contribution is -2.39. The molecule has 2 aliphatic heterocycles. The van der Waals surface area contributed by atoms with Crippen molar-refractivity contribution in [3.8, 4) is 11.5 Å². The van der Waals surface area contributed by atoms with Crippen LogP contribution in [-0.4, -0.2) is 68.0 Å². The van der Waals surface area contributed by atoms with E-state index in [-0.39, 0.29) is 11.5 Å². The number of H-pyrrole nitrogens is 1. The van der Waals surface area contributed by atoms with Gasteiger partial charge < -0.3 is 19.1 Å². The van der Waals surface area contributed by atoms with Gasteiger partial charge in [-0.05, 0) is 25.5 Å². The van der Waals surface area contributed by atoms with Crippen LogP contribution in [0.3, 0.4) is 0 Å². The maximum absolute atomic E-state index is 12.4. The van der Waals surface area contributed by atoms with Gasteiger partial charge in [0.2, 0.25) is 5.95 Å². The number of hydrogen-bond donors (Lipinski definition) is 1. The van der Waals surface area contributed by atoms with Crippen LogP contribution < -0.4 is 19.9 Å². The number of ether oxygens (including phenoxy) is 3. The first kappa shape index (κ1) is 22.4. The average Bonchev–Trinajstić information content (AvgIpc) is 2.83. The second-order valence-electron chi connectivity index (χ2n) is 8.22. The fraction of sp³-hybridized carbons (Fsp3) is 0.500. The first-order valence-corrected chi connectivity index (χ1v) is 11.2. The van der Waals surface area contributed by atoms with Crippen LogP contribution in [0.5, 0.6) is 11.5 Å². The van der Waals surface area contributed by atoms with Crippen LogP contribution in [0.1, 0.15) is 30.0 Å². The topological polar surface area (TPSA) is 79.9 Å². The third-order valence-corrected chi connectivity index (χ3v) is 6.00. The monoisotopic (exact) mass is 440 g/mol. The molecule has 0 aliphatic carbocycles. The molecule has 0 spiro atoms. The lowest BCUT2D eigenvalue weighted by Gasteiger charge is -2.33. The van der Waals surface area contributed by atoms with E-state index in [0.29, 0.717) is 25.8 Å². The molecular weight excluding hydrogens is 408 g/mol. The predicted molar refractivity (Wildman–Crippen MR) is 124 cm³/mol.